The summed E-state index contributed by atoms with van der Waals surface area (Å²) in [5.41, 5.74) is 0.155. The van der Waals surface area contributed by atoms with Gasteiger partial charge in [-0.3, -0.25) is 0 Å². The van der Waals surface area contributed by atoms with Crippen LogP contribution in [0.1, 0.15) is 18.6 Å². The van der Waals surface area contributed by atoms with Gasteiger partial charge in [-0.1, -0.05) is 30.8 Å². The molecule has 1 heterocycles. The molecule has 0 saturated heterocycles. The molecule has 0 fully saturated rings. The van der Waals surface area contributed by atoms with E-state index >= 15 is 0 Å². The molecule has 1 atom stereocenters. The van der Waals surface area contributed by atoms with E-state index in [2.05, 4.69) is 6.58 Å². The van der Waals surface area contributed by atoms with Gasteiger partial charge in [0.15, 0.2) is 11.6 Å². The molecule has 2 aromatic carbocycles. The maximum absolute atomic E-state index is 14.7. The van der Waals surface area contributed by atoms with E-state index < -0.39 is 25.0 Å². The van der Waals surface area contributed by atoms with E-state index in [0.29, 0.717) is 5.75 Å². The van der Waals surface area contributed by atoms with Gasteiger partial charge in [-0.15, -0.1) is 0 Å². The van der Waals surface area contributed by atoms with Gasteiger partial charge in [0.05, 0.1) is 12.2 Å². The van der Waals surface area contributed by atoms with Gasteiger partial charge in [0.1, 0.15) is 11.9 Å². The minimum atomic E-state index is -1.36. The van der Waals surface area contributed by atoms with Crippen LogP contribution in [-0.2, 0) is 9.45 Å². The lowest BCUT2D eigenvalue weighted by atomic mass is 9.78. The van der Waals surface area contributed by atoms with Gasteiger partial charge in [0, 0.05) is 5.56 Å². The topological polar surface area (TPSA) is 65.0 Å². The number of carbonyl (C=O) groups is 1. The zero-order valence-corrected chi connectivity index (χ0v) is 13.6. The van der Waals surface area contributed by atoms with Crippen LogP contribution >= 0.6 is 0 Å². The Hall–Kier alpha value is -2.64. The Kier molecular flexibility index (Phi) is 4.87. The van der Waals surface area contributed by atoms with Crippen LogP contribution in [0, 0.1) is 5.82 Å². The number of esters is 1. The van der Waals surface area contributed by atoms with Crippen molar-refractivity contribution >= 4 is 18.6 Å². The summed E-state index contributed by atoms with van der Waals surface area (Å²) < 4.78 is 30.5. The zero-order valence-electron chi connectivity index (χ0n) is 13.6. The monoisotopic (exact) mass is 342 g/mol. The highest BCUT2D eigenvalue weighted by molar-refractivity contribution is 6.62. The van der Waals surface area contributed by atoms with Crippen LogP contribution in [0.25, 0.3) is 0 Å². The molecule has 0 spiro atoms. The standard InChI is InChI=1S/C18H16BFO5/c1-3-23-14-10-9-13-15(16(14)20)17(25-19(13)22)11(2)18(21)24-12-7-5-4-6-8-12/h4-10,17,22H,2-3H2,1H3. The lowest BCUT2D eigenvalue weighted by Gasteiger charge is -2.16. The zero-order chi connectivity index (χ0) is 18.0. The number of carbonyl (C=O) groups excluding carboxylic acids is 1. The Morgan fingerprint density at radius 1 is 1.32 bits per heavy atom. The molecular formula is C18H16BFO5. The molecule has 25 heavy (non-hydrogen) atoms. The predicted molar refractivity (Wildman–Crippen MR) is 90.2 cm³/mol. The van der Waals surface area contributed by atoms with Crippen LogP contribution in [0.4, 0.5) is 4.39 Å². The molecule has 5 nitrogen and oxygen atoms in total. The summed E-state index contributed by atoms with van der Waals surface area (Å²) in [6.45, 7) is 5.67. The summed E-state index contributed by atoms with van der Waals surface area (Å²) in [7, 11) is -1.36. The van der Waals surface area contributed by atoms with Crippen molar-refractivity contribution in [2.45, 2.75) is 13.0 Å². The lowest BCUT2D eigenvalue weighted by molar-refractivity contribution is -0.131. The molecule has 1 aliphatic heterocycles. The normalized spacial score (nSPS) is 15.6. The van der Waals surface area contributed by atoms with Crippen LogP contribution in [-0.4, -0.2) is 24.7 Å². The first-order valence-electron chi connectivity index (χ1n) is 7.77. The molecule has 0 radical (unpaired) electrons. The van der Waals surface area contributed by atoms with Gasteiger partial charge in [-0.25, -0.2) is 9.18 Å². The Morgan fingerprint density at radius 2 is 2.04 bits per heavy atom. The van der Waals surface area contributed by atoms with Crippen LogP contribution in [0.2, 0.25) is 0 Å². The summed E-state index contributed by atoms with van der Waals surface area (Å²) in [6.07, 6.45) is -1.15. The van der Waals surface area contributed by atoms with E-state index in [-0.39, 0.29) is 29.0 Å². The number of fused-ring (bicyclic) bond motifs is 1. The van der Waals surface area contributed by atoms with Crippen LogP contribution < -0.4 is 14.9 Å². The number of para-hydroxylation sites is 1. The van der Waals surface area contributed by atoms with Gasteiger partial charge >= 0.3 is 13.1 Å². The SMILES string of the molecule is C=C(C(=O)Oc1ccccc1)C1OB(O)c2ccc(OCC)c(F)c21. The smallest absolute Gasteiger partial charge is 0.491 e. The molecule has 0 aliphatic carbocycles. The second-order valence-corrected chi connectivity index (χ2v) is 5.41. The maximum Gasteiger partial charge on any atom is 0.492 e. The first-order valence-corrected chi connectivity index (χ1v) is 7.77. The molecule has 1 aliphatic rings. The summed E-state index contributed by atoms with van der Waals surface area (Å²) in [5, 5.41) is 9.99. The highest BCUT2D eigenvalue weighted by Crippen LogP contribution is 2.35. The molecule has 2 aromatic rings. The van der Waals surface area contributed by atoms with Crippen LogP contribution in [0.5, 0.6) is 11.5 Å². The fourth-order valence-corrected chi connectivity index (χ4v) is 2.63. The van der Waals surface area contributed by atoms with Crippen molar-refractivity contribution in [3.63, 3.8) is 0 Å². The highest BCUT2D eigenvalue weighted by atomic mass is 19.1. The minimum Gasteiger partial charge on any atom is -0.491 e. The molecule has 0 aromatic heterocycles. The maximum atomic E-state index is 14.7. The van der Waals surface area contributed by atoms with E-state index in [1.807, 2.05) is 0 Å². The molecule has 0 amide bonds. The predicted octanol–water partition coefficient (Wildman–Crippen LogP) is 2.14. The Labute approximate surface area is 144 Å². The van der Waals surface area contributed by atoms with Crippen molar-refractivity contribution in [3.05, 3.63) is 66.0 Å². The molecule has 3 rings (SSSR count). The van der Waals surface area contributed by atoms with E-state index in [0.717, 1.165) is 0 Å². The number of hydrogen-bond acceptors (Lipinski definition) is 5. The van der Waals surface area contributed by atoms with Crippen molar-refractivity contribution in [1.29, 1.82) is 0 Å². The van der Waals surface area contributed by atoms with Gasteiger partial charge in [-0.05, 0) is 30.6 Å². The van der Waals surface area contributed by atoms with Crippen molar-refractivity contribution in [2.24, 2.45) is 0 Å². The van der Waals surface area contributed by atoms with Crippen molar-refractivity contribution in [1.82, 2.24) is 0 Å². The molecule has 0 saturated carbocycles. The Morgan fingerprint density at radius 3 is 2.72 bits per heavy atom. The van der Waals surface area contributed by atoms with Gasteiger partial charge in [0.25, 0.3) is 0 Å². The summed E-state index contributed by atoms with van der Waals surface area (Å²) in [6, 6.07) is 11.3. The minimum absolute atomic E-state index is 0.0215. The summed E-state index contributed by atoms with van der Waals surface area (Å²) >= 11 is 0. The fraction of sp³-hybridized carbons (Fsp3) is 0.167. The number of hydrogen-bond donors (Lipinski definition) is 1. The summed E-state index contributed by atoms with van der Waals surface area (Å²) in [5.74, 6) is -1.10. The average molecular weight is 342 g/mol. The Bertz CT molecular complexity index is 809. The lowest BCUT2D eigenvalue weighted by Crippen LogP contribution is -2.28. The summed E-state index contributed by atoms with van der Waals surface area (Å²) in [4.78, 5) is 12.3. The molecular weight excluding hydrogens is 326 g/mol. The third-order valence-electron chi connectivity index (χ3n) is 3.80. The first kappa shape index (κ1) is 17.2. The van der Waals surface area contributed by atoms with Crippen molar-refractivity contribution < 1.29 is 28.3 Å². The third-order valence-corrected chi connectivity index (χ3v) is 3.80. The third kappa shape index (κ3) is 3.29. The van der Waals surface area contributed by atoms with Crippen molar-refractivity contribution in [3.8, 4) is 11.5 Å². The quantitative estimate of drug-likeness (QED) is 0.390. The molecule has 0 bridgehead atoms. The van der Waals surface area contributed by atoms with E-state index in [1.165, 1.54) is 12.1 Å². The van der Waals surface area contributed by atoms with Gasteiger partial charge in [-0.2, -0.15) is 0 Å². The highest BCUT2D eigenvalue weighted by Gasteiger charge is 2.41. The average Bonchev–Trinajstić information content (AvgIpc) is 2.95. The molecule has 1 unspecified atom stereocenters. The van der Waals surface area contributed by atoms with Crippen LogP contribution in [0.3, 0.4) is 0 Å². The second kappa shape index (κ2) is 7.08. The number of halogens is 1. The number of ether oxygens (including phenoxy) is 2. The van der Waals surface area contributed by atoms with Gasteiger partial charge in [0.2, 0.25) is 0 Å². The van der Waals surface area contributed by atoms with Crippen LogP contribution in [0.15, 0.2) is 54.6 Å². The van der Waals surface area contributed by atoms with Gasteiger partial charge < -0.3 is 19.2 Å². The number of rotatable bonds is 5. The molecule has 128 valence electrons. The Balaban J connectivity index is 1.88. The van der Waals surface area contributed by atoms with E-state index in [4.69, 9.17) is 14.1 Å². The number of benzene rings is 2. The molecule has 1 N–H and O–H groups in total. The van der Waals surface area contributed by atoms with E-state index in [9.17, 15) is 14.2 Å². The van der Waals surface area contributed by atoms with Crippen molar-refractivity contribution in [2.75, 3.05) is 6.61 Å². The molecule has 7 heteroatoms. The largest absolute Gasteiger partial charge is 0.492 e. The first-order chi connectivity index (χ1) is 12.0. The second-order valence-electron chi connectivity index (χ2n) is 5.41. The van der Waals surface area contributed by atoms with E-state index in [1.54, 1.807) is 37.3 Å². The fourth-order valence-electron chi connectivity index (χ4n) is 2.63.